The van der Waals surface area contributed by atoms with Crippen molar-refractivity contribution in [2.45, 2.75) is 11.8 Å². The molecule has 2 rings (SSSR count). The van der Waals surface area contributed by atoms with E-state index in [0.717, 1.165) is 10.7 Å². The molecule has 0 fully saturated rings. The Morgan fingerprint density at radius 3 is 2.73 bits per heavy atom. The number of fused-ring (bicyclic) bond motifs is 1. The molecule has 2 aliphatic rings. The maximum Gasteiger partial charge on any atom is 0.274 e. The Kier molecular flexibility index (Phi) is 4.98. The van der Waals surface area contributed by atoms with E-state index in [0.29, 0.717) is 22.5 Å². The van der Waals surface area contributed by atoms with Gasteiger partial charge in [-0.05, 0) is 18.0 Å². The number of amides is 2. The molecule has 2 amide bonds. The zero-order chi connectivity index (χ0) is 16.5. The maximum absolute atomic E-state index is 11.9. The van der Waals surface area contributed by atoms with Crippen molar-refractivity contribution in [1.29, 1.82) is 0 Å². The molecule has 2 heterocycles. The van der Waals surface area contributed by atoms with Crippen LogP contribution >= 0.6 is 23.5 Å². The second kappa shape index (κ2) is 6.43. The summed E-state index contributed by atoms with van der Waals surface area (Å²) >= 11 is 2.84. The molecule has 0 spiro atoms. The summed E-state index contributed by atoms with van der Waals surface area (Å²) in [4.78, 5) is 33.7. The molecule has 0 radical (unpaired) electrons. The molecule has 22 heavy (non-hydrogen) atoms. The van der Waals surface area contributed by atoms with E-state index in [9.17, 15) is 9.59 Å². The van der Waals surface area contributed by atoms with E-state index in [-0.39, 0.29) is 11.3 Å². The summed E-state index contributed by atoms with van der Waals surface area (Å²) in [5.41, 5.74) is 6.13. The van der Waals surface area contributed by atoms with Crippen LogP contribution in [0.2, 0.25) is 0 Å². The first-order valence-electron chi connectivity index (χ1n) is 6.72. The van der Waals surface area contributed by atoms with Crippen LogP contribution in [0.1, 0.15) is 6.42 Å². The summed E-state index contributed by atoms with van der Waals surface area (Å²) in [6.45, 7) is 0.588. The number of quaternary nitrogens is 1. The summed E-state index contributed by atoms with van der Waals surface area (Å²) in [5.74, 6) is -0.462. The van der Waals surface area contributed by atoms with Gasteiger partial charge in [-0.3, -0.25) is 14.1 Å². The van der Waals surface area contributed by atoms with Crippen LogP contribution in [0.3, 0.4) is 0 Å². The predicted octanol–water partition coefficient (Wildman–Crippen LogP) is 0.442. The van der Waals surface area contributed by atoms with Crippen LogP contribution in [0, 0.1) is 0 Å². The highest BCUT2D eigenvalue weighted by Gasteiger charge is 2.45. The van der Waals surface area contributed by atoms with E-state index >= 15 is 0 Å². The largest absolute Gasteiger partial charge is 0.364 e. The van der Waals surface area contributed by atoms with Crippen molar-refractivity contribution in [3.8, 4) is 0 Å². The van der Waals surface area contributed by atoms with Crippen molar-refractivity contribution in [1.82, 2.24) is 4.90 Å². The highest BCUT2D eigenvalue weighted by atomic mass is 32.2. The molecule has 0 aliphatic carbocycles. The predicted molar refractivity (Wildman–Crippen MR) is 91.4 cm³/mol. The second-order valence-electron chi connectivity index (χ2n) is 5.50. The Labute approximate surface area is 138 Å². The molecule has 0 saturated heterocycles. The lowest BCUT2D eigenvalue weighted by Crippen LogP contribution is -2.52. The number of carbonyl (C=O) groups excluding carboxylic acids is 2. The number of carbonyl (C=O) groups is 2. The summed E-state index contributed by atoms with van der Waals surface area (Å²) in [5, 5.41) is 1.01. The lowest BCUT2D eigenvalue weighted by molar-refractivity contribution is -0.819. The van der Waals surface area contributed by atoms with E-state index < -0.39 is 5.91 Å². The van der Waals surface area contributed by atoms with Gasteiger partial charge in [-0.25, -0.2) is 4.99 Å². The van der Waals surface area contributed by atoms with Crippen LogP contribution < -0.4 is 5.73 Å². The molecule has 0 aromatic carbocycles. The fourth-order valence-corrected chi connectivity index (χ4v) is 3.97. The van der Waals surface area contributed by atoms with Gasteiger partial charge in [0, 0.05) is 14.1 Å². The van der Waals surface area contributed by atoms with Crippen LogP contribution in [0.25, 0.3) is 0 Å². The Hall–Kier alpha value is -1.32. The normalized spacial score (nSPS) is 26.7. The molecule has 9 heteroatoms. The molecule has 2 atom stereocenters. The Bertz CT molecular complexity index is 599. The first kappa shape index (κ1) is 17.0. The molecule has 120 valence electrons. The van der Waals surface area contributed by atoms with Gasteiger partial charge < -0.3 is 10.6 Å². The lowest BCUT2D eigenvalue weighted by Gasteiger charge is -2.37. The van der Waals surface area contributed by atoms with Gasteiger partial charge >= 0.3 is 0 Å². The van der Waals surface area contributed by atoms with Gasteiger partial charge in [0.1, 0.15) is 10.7 Å². The van der Waals surface area contributed by atoms with Crippen LogP contribution in [-0.4, -0.2) is 71.9 Å². The molecule has 2 unspecified atom stereocenters. The van der Waals surface area contributed by atoms with Crippen LogP contribution in [-0.2, 0) is 9.59 Å². The maximum atomic E-state index is 11.9. The van der Waals surface area contributed by atoms with E-state index in [1.54, 1.807) is 19.0 Å². The molecular weight excluding hydrogens is 322 g/mol. The smallest absolute Gasteiger partial charge is 0.274 e. The lowest BCUT2D eigenvalue weighted by atomic mass is 10.2. The quantitative estimate of drug-likeness (QED) is 0.735. The van der Waals surface area contributed by atoms with E-state index in [1.165, 1.54) is 23.5 Å². The standard InChI is InChI=1S/C13H19N5O2S2/c1-17(2)8(19)5-6-18(3)7-15-11(21-4)9-13(18)22-12(16-9)10(14)20/h7,13H,5-6H2,1-4H3,(H-,14,20)/p+1. The Morgan fingerprint density at radius 1 is 1.50 bits per heavy atom. The topological polar surface area (TPSA) is 88.1 Å². The van der Waals surface area contributed by atoms with E-state index in [2.05, 4.69) is 9.98 Å². The number of rotatable bonds is 5. The third kappa shape index (κ3) is 3.21. The Balaban J connectivity index is 2.24. The molecule has 0 aromatic rings. The van der Waals surface area contributed by atoms with Crippen molar-refractivity contribution >= 4 is 46.7 Å². The van der Waals surface area contributed by atoms with Crippen molar-refractivity contribution in [3.05, 3.63) is 10.7 Å². The van der Waals surface area contributed by atoms with Crippen molar-refractivity contribution in [2.24, 2.45) is 15.7 Å². The molecule has 0 bridgehead atoms. The number of primary amides is 1. The summed E-state index contributed by atoms with van der Waals surface area (Å²) in [6.07, 6.45) is 4.15. The Morgan fingerprint density at radius 2 is 2.18 bits per heavy atom. The van der Waals surface area contributed by atoms with Crippen LogP contribution in [0.5, 0.6) is 0 Å². The minimum absolute atomic E-state index is 0.0629. The van der Waals surface area contributed by atoms with Gasteiger partial charge in [-0.1, -0.05) is 0 Å². The van der Waals surface area contributed by atoms with Gasteiger partial charge in [-0.2, -0.15) is 4.99 Å². The van der Waals surface area contributed by atoms with E-state index in [4.69, 9.17) is 5.73 Å². The first-order valence-corrected chi connectivity index (χ1v) is 8.82. The highest BCUT2D eigenvalue weighted by molar-refractivity contribution is 8.16. The van der Waals surface area contributed by atoms with Crippen molar-refractivity contribution < 1.29 is 14.1 Å². The fraction of sp³-hybridized carbons (Fsp3) is 0.538. The third-order valence-electron chi connectivity index (χ3n) is 3.58. The van der Waals surface area contributed by atoms with E-state index in [1.807, 2.05) is 19.6 Å². The number of hydrogen-bond acceptors (Lipinski definition) is 6. The summed E-state index contributed by atoms with van der Waals surface area (Å²) in [6, 6.07) is 0. The zero-order valence-corrected chi connectivity index (χ0v) is 14.7. The minimum atomic E-state index is -0.525. The zero-order valence-electron chi connectivity index (χ0n) is 13.1. The van der Waals surface area contributed by atoms with Gasteiger partial charge in [0.25, 0.3) is 5.91 Å². The average Bonchev–Trinajstić information content (AvgIpc) is 2.92. The highest BCUT2D eigenvalue weighted by Crippen LogP contribution is 2.42. The third-order valence-corrected chi connectivity index (χ3v) is 5.73. The van der Waals surface area contributed by atoms with Crippen molar-refractivity contribution in [3.63, 3.8) is 0 Å². The molecule has 7 nitrogen and oxygen atoms in total. The minimum Gasteiger partial charge on any atom is -0.364 e. The number of nitrogens with two attached hydrogens (primary N) is 1. The van der Waals surface area contributed by atoms with Gasteiger partial charge in [0.05, 0.1) is 20.0 Å². The van der Waals surface area contributed by atoms with Crippen LogP contribution in [0.15, 0.2) is 20.7 Å². The first-order chi connectivity index (χ1) is 10.3. The monoisotopic (exact) mass is 342 g/mol. The molecule has 0 aromatic heterocycles. The van der Waals surface area contributed by atoms with Gasteiger partial charge in [-0.15, -0.1) is 11.8 Å². The number of aliphatic imine (C=N–C) groups is 2. The second-order valence-corrected chi connectivity index (χ2v) is 7.36. The van der Waals surface area contributed by atoms with Gasteiger partial charge in [0.2, 0.25) is 5.91 Å². The SMILES string of the molecule is CSC1=C2N=C(C(N)=O)SC2[N+](C)(CCC(=O)N(C)C)C=N1. The molecule has 2 N–H and O–H groups in total. The number of hydrogen-bond donors (Lipinski definition) is 1. The molecular formula is C13H20N5O2S2+. The fourth-order valence-electron chi connectivity index (χ4n) is 2.22. The number of thioether (sulfide) groups is 2. The number of nitrogens with zero attached hydrogens (tertiary/aromatic N) is 4. The molecule has 2 aliphatic heterocycles. The van der Waals surface area contributed by atoms with Crippen molar-refractivity contribution in [2.75, 3.05) is 33.9 Å². The van der Waals surface area contributed by atoms with Gasteiger partial charge in [0.15, 0.2) is 16.8 Å². The number of likely N-dealkylation sites (N-methyl/N-ethyl adjacent to an activating group) is 1. The average molecular weight is 342 g/mol. The molecule has 0 saturated carbocycles. The summed E-state index contributed by atoms with van der Waals surface area (Å²) < 4.78 is 0.421. The summed E-state index contributed by atoms with van der Waals surface area (Å²) in [7, 11) is 5.46. The van der Waals surface area contributed by atoms with Crippen LogP contribution in [0.4, 0.5) is 0 Å².